The molecule has 0 aliphatic heterocycles. The molecule has 5 heteroatoms. The highest BCUT2D eigenvalue weighted by molar-refractivity contribution is 6.59. The molecule has 14 heavy (non-hydrogen) atoms. The molecule has 4 nitrogen and oxygen atoms in total. The van der Waals surface area contributed by atoms with E-state index in [4.69, 9.17) is 10.0 Å². The van der Waals surface area contributed by atoms with Gasteiger partial charge in [-0.3, -0.25) is 4.68 Å². The van der Waals surface area contributed by atoms with Gasteiger partial charge >= 0.3 is 7.12 Å². The first-order valence-electron chi connectivity index (χ1n) is 5.15. The third kappa shape index (κ3) is 1.83. The molecule has 1 fully saturated rings. The lowest BCUT2D eigenvalue weighted by atomic mass is 9.79. The molecule has 1 aromatic heterocycles. The van der Waals surface area contributed by atoms with Crippen LogP contribution in [0.1, 0.15) is 37.8 Å². The number of nitrogens with zero attached hydrogens (tertiary/aromatic N) is 2. The van der Waals surface area contributed by atoms with Crippen LogP contribution in [0.5, 0.6) is 0 Å². The number of hydrogen-bond acceptors (Lipinski definition) is 3. The first-order valence-corrected chi connectivity index (χ1v) is 5.15. The van der Waals surface area contributed by atoms with Crippen LogP contribution in [0.3, 0.4) is 0 Å². The van der Waals surface area contributed by atoms with Crippen molar-refractivity contribution >= 4 is 12.6 Å². The van der Waals surface area contributed by atoms with Gasteiger partial charge in [-0.2, -0.15) is 5.10 Å². The lowest BCUT2D eigenvalue weighted by Crippen LogP contribution is -2.31. The lowest BCUT2D eigenvalue weighted by molar-refractivity contribution is 0.425. The summed E-state index contributed by atoms with van der Waals surface area (Å²) in [5.41, 5.74) is 1.47. The summed E-state index contributed by atoms with van der Waals surface area (Å²) in [6.45, 7) is 2.92. The van der Waals surface area contributed by atoms with Crippen LogP contribution >= 0.6 is 0 Å². The Kier molecular flexibility index (Phi) is 2.61. The molecule has 1 heterocycles. The maximum absolute atomic E-state index is 9.16. The van der Waals surface area contributed by atoms with E-state index in [2.05, 4.69) is 12.0 Å². The fourth-order valence-corrected chi connectivity index (χ4v) is 1.67. The van der Waals surface area contributed by atoms with E-state index in [1.165, 1.54) is 0 Å². The van der Waals surface area contributed by atoms with E-state index in [1.54, 1.807) is 6.20 Å². The average Bonchev–Trinajstić information content (AvgIpc) is 2.88. The second kappa shape index (κ2) is 3.75. The summed E-state index contributed by atoms with van der Waals surface area (Å²) in [4.78, 5) is 0. The summed E-state index contributed by atoms with van der Waals surface area (Å²) in [5, 5.41) is 22.7. The number of rotatable bonds is 4. The maximum atomic E-state index is 9.16. The zero-order valence-corrected chi connectivity index (χ0v) is 8.35. The van der Waals surface area contributed by atoms with Crippen LogP contribution in [0, 0.1) is 0 Å². The van der Waals surface area contributed by atoms with Crippen LogP contribution in [-0.4, -0.2) is 26.9 Å². The molecule has 2 N–H and O–H groups in total. The largest absolute Gasteiger partial charge is 0.491 e. The van der Waals surface area contributed by atoms with E-state index in [0.717, 1.165) is 31.5 Å². The molecule has 2 rings (SSSR count). The van der Waals surface area contributed by atoms with Gasteiger partial charge in [0, 0.05) is 24.1 Å². The van der Waals surface area contributed by atoms with Gasteiger partial charge in [0.25, 0.3) is 0 Å². The van der Waals surface area contributed by atoms with E-state index < -0.39 is 7.12 Å². The molecule has 1 aliphatic rings. The molecule has 1 aliphatic carbocycles. The number of aryl methyl sites for hydroxylation is 1. The standard InChI is InChI=1S/C9H15BN2O2/c1-2-5-12-6-8(10(13)14)9(11-12)7-3-4-7/h6-7,13-14H,2-5H2,1H3. The molecule has 0 spiro atoms. The predicted octanol–water partition coefficient (Wildman–Crippen LogP) is -0.150. The summed E-state index contributed by atoms with van der Waals surface area (Å²) in [7, 11) is -1.38. The van der Waals surface area contributed by atoms with Crippen LogP contribution in [0.4, 0.5) is 0 Å². The number of hydrogen-bond donors (Lipinski definition) is 2. The smallest absolute Gasteiger partial charge is 0.423 e. The van der Waals surface area contributed by atoms with Crippen molar-refractivity contribution in [3.8, 4) is 0 Å². The fourth-order valence-electron chi connectivity index (χ4n) is 1.67. The van der Waals surface area contributed by atoms with Gasteiger partial charge in [-0.1, -0.05) is 6.92 Å². The van der Waals surface area contributed by atoms with Gasteiger partial charge in [0.1, 0.15) is 0 Å². The minimum Gasteiger partial charge on any atom is -0.423 e. The van der Waals surface area contributed by atoms with Crippen molar-refractivity contribution in [1.82, 2.24) is 9.78 Å². The van der Waals surface area contributed by atoms with Crippen LogP contribution in [0.15, 0.2) is 6.20 Å². The summed E-state index contributed by atoms with van der Waals surface area (Å²) < 4.78 is 1.81. The van der Waals surface area contributed by atoms with Gasteiger partial charge in [-0.15, -0.1) is 0 Å². The van der Waals surface area contributed by atoms with Gasteiger partial charge < -0.3 is 10.0 Å². The van der Waals surface area contributed by atoms with Gasteiger partial charge in [0.2, 0.25) is 0 Å². The minimum atomic E-state index is -1.38. The van der Waals surface area contributed by atoms with Gasteiger partial charge in [-0.25, -0.2) is 0 Å². The molecule has 1 saturated carbocycles. The fraction of sp³-hybridized carbons (Fsp3) is 0.667. The van der Waals surface area contributed by atoms with E-state index in [9.17, 15) is 0 Å². The van der Waals surface area contributed by atoms with Crippen molar-refractivity contribution in [3.05, 3.63) is 11.9 Å². The van der Waals surface area contributed by atoms with Crippen LogP contribution in [0.2, 0.25) is 0 Å². The summed E-state index contributed by atoms with van der Waals surface area (Å²) in [6.07, 6.45) is 5.01. The Morgan fingerprint density at radius 3 is 2.79 bits per heavy atom. The summed E-state index contributed by atoms with van der Waals surface area (Å²) >= 11 is 0. The third-order valence-electron chi connectivity index (χ3n) is 2.51. The Labute approximate surface area is 83.7 Å². The molecule has 0 aromatic carbocycles. The van der Waals surface area contributed by atoms with E-state index in [0.29, 0.717) is 11.4 Å². The zero-order chi connectivity index (χ0) is 10.1. The van der Waals surface area contributed by atoms with Gasteiger partial charge in [0.15, 0.2) is 0 Å². The second-order valence-electron chi connectivity index (χ2n) is 3.88. The highest BCUT2D eigenvalue weighted by Gasteiger charge is 2.32. The summed E-state index contributed by atoms with van der Waals surface area (Å²) in [5.74, 6) is 0.463. The Bertz CT molecular complexity index is 301. The van der Waals surface area contributed by atoms with Crippen molar-refractivity contribution in [3.63, 3.8) is 0 Å². The monoisotopic (exact) mass is 194 g/mol. The molecule has 1 aromatic rings. The van der Waals surface area contributed by atoms with Crippen molar-refractivity contribution in [2.24, 2.45) is 0 Å². The molecular formula is C9H15BN2O2. The maximum Gasteiger partial charge on any atom is 0.491 e. The predicted molar refractivity (Wildman–Crippen MR) is 54.3 cm³/mol. The molecule has 0 unspecified atom stereocenters. The molecule has 76 valence electrons. The topological polar surface area (TPSA) is 58.3 Å². The van der Waals surface area contributed by atoms with Gasteiger partial charge in [-0.05, 0) is 19.3 Å². The van der Waals surface area contributed by atoms with Crippen molar-refractivity contribution in [1.29, 1.82) is 0 Å². The van der Waals surface area contributed by atoms with Crippen LogP contribution in [-0.2, 0) is 6.54 Å². The quantitative estimate of drug-likeness (QED) is 0.655. The van der Waals surface area contributed by atoms with Gasteiger partial charge in [0.05, 0.1) is 5.69 Å². The molecule has 0 radical (unpaired) electrons. The van der Waals surface area contributed by atoms with Crippen molar-refractivity contribution in [2.45, 2.75) is 38.6 Å². The number of aromatic nitrogens is 2. The third-order valence-corrected chi connectivity index (χ3v) is 2.51. The SMILES string of the molecule is CCCn1cc(B(O)O)c(C2CC2)n1. The van der Waals surface area contributed by atoms with E-state index >= 15 is 0 Å². The zero-order valence-electron chi connectivity index (χ0n) is 8.35. The van der Waals surface area contributed by atoms with Crippen molar-refractivity contribution in [2.75, 3.05) is 0 Å². The van der Waals surface area contributed by atoms with Crippen LogP contribution < -0.4 is 5.46 Å². The van der Waals surface area contributed by atoms with E-state index in [-0.39, 0.29) is 0 Å². The Morgan fingerprint density at radius 2 is 2.29 bits per heavy atom. The first kappa shape index (κ1) is 9.74. The molecule has 0 atom stereocenters. The second-order valence-corrected chi connectivity index (χ2v) is 3.88. The Morgan fingerprint density at radius 1 is 1.57 bits per heavy atom. The Balaban J connectivity index is 2.25. The van der Waals surface area contributed by atoms with Crippen LogP contribution in [0.25, 0.3) is 0 Å². The molecular weight excluding hydrogens is 179 g/mol. The molecule has 0 amide bonds. The molecule has 0 bridgehead atoms. The Hall–Kier alpha value is -0.805. The lowest BCUT2D eigenvalue weighted by Gasteiger charge is -1.96. The minimum absolute atomic E-state index is 0.463. The average molecular weight is 194 g/mol. The highest BCUT2D eigenvalue weighted by Crippen LogP contribution is 2.38. The first-order chi connectivity index (χ1) is 6.72. The van der Waals surface area contributed by atoms with Crippen molar-refractivity contribution < 1.29 is 10.0 Å². The highest BCUT2D eigenvalue weighted by atomic mass is 16.4. The van der Waals surface area contributed by atoms with E-state index in [1.807, 2.05) is 4.68 Å². The molecule has 0 saturated heterocycles. The summed E-state index contributed by atoms with van der Waals surface area (Å²) in [6, 6.07) is 0. The normalized spacial score (nSPS) is 15.9.